The maximum atomic E-state index is 10.5. The van der Waals surface area contributed by atoms with Gasteiger partial charge in [-0.2, -0.15) is 0 Å². The van der Waals surface area contributed by atoms with E-state index in [1.807, 2.05) is 42.5 Å². The molecular formula is C20H25NO3. The summed E-state index contributed by atoms with van der Waals surface area (Å²) in [4.78, 5) is 2.38. The minimum Gasteiger partial charge on any atom is -0.392 e. The van der Waals surface area contributed by atoms with E-state index < -0.39 is 6.10 Å². The Labute approximate surface area is 143 Å². The van der Waals surface area contributed by atoms with Crippen LogP contribution in [0.25, 0.3) is 0 Å². The Bertz CT molecular complexity index is 615. The monoisotopic (exact) mass is 327 g/mol. The molecule has 0 spiro atoms. The van der Waals surface area contributed by atoms with Gasteiger partial charge >= 0.3 is 0 Å². The molecule has 2 aromatic rings. The number of benzene rings is 2. The van der Waals surface area contributed by atoms with Gasteiger partial charge in [0.2, 0.25) is 0 Å². The number of aliphatic hydroxyl groups is 2. The van der Waals surface area contributed by atoms with E-state index in [9.17, 15) is 5.11 Å². The first-order valence-corrected chi connectivity index (χ1v) is 8.50. The molecule has 1 fully saturated rings. The second-order valence-corrected chi connectivity index (χ2v) is 6.34. The van der Waals surface area contributed by atoms with E-state index in [-0.39, 0.29) is 12.6 Å². The molecule has 0 unspecified atom stereocenters. The molecule has 1 heterocycles. The Morgan fingerprint density at radius 1 is 1.04 bits per heavy atom. The van der Waals surface area contributed by atoms with Crippen molar-refractivity contribution in [2.24, 2.45) is 0 Å². The Balaban J connectivity index is 1.64. The van der Waals surface area contributed by atoms with Crippen LogP contribution in [0.3, 0.4) is 0 Å². The molecule has 1 aliphatic rings. The number of morpholine rings is 1. The molecule has 2 aromatic carbocycles. The van der Waals surface area contributed by atoms with Crippen LogP contribution in [-0.2, 0) is 17.9 Å². The molecule has 4 heteroatoms. The summed E-state index contributed by atoms with van der Waals surface area (Å²) in [6, 6.07) is 18.0. The molecule has 0 aliphatic carbocycles. The van der Waals surface area contributed by atoms with Crippen molar-refractivity contribution >= 4 is 0 Å². The average Bonchev–Trinajstić information content (AvgIpc) is 2.64. The van der Waals surface area contributed by atoms with Crippen molar-refractivity contribution < 1.29 is 14.9 Å². The Morgan fingerprint density at radius 3 is 2.46 bits per heavy atom. The lowest BCUT2D eigenvalue weighted by atomic mass is 10.00. The van der Waals surface area contributed by atoms with Crippen molar-refractivity contribution in [3.8, 4) is 0 Å². The minimum absolute atomic E-state index is 0.0731. The number of hydrogen-bond donors (Lipinski definition) is 2. The highest BCUT2D eigenvalue weighted by Gasteiger charge is 2.26. The molecule has 1 aliphatic heterocycles. The Hall–Kier alpha value is -1.72. The van der Waals surface area contributed by atoms with Crippen molar-refractivity contribution in [2.75, 3.05) is 19.8 Å². The predicted octanol–water partition coefficient (Wildman–Crippen LogP) is 2.50. The molecule has 0 bridgehead atoms. The van der Waals surface area contributed by atoms with Gasteiger partial charge in [0.05, 0.1) is 25.9 Å². The molecule has 4 nitrogen and oxygen atoms in total. The second kappa shape index (κ2) is 8.40. The zero-order valence-corrected chi connectivity index (χ0v) is 13.8. The maximum Gasteiger partial charge on any atom is 0.0805 e. The van der Waals surface area contributed by atoms with Gasteiger partial charge in [-0.3, -0.25) is 4.90 Å². The predicted molar refractivity (Wildman–Crippen MR) is 93.4 cm³/mol. The summed E-state index contributed by atoms with van der Waals surface area (Å²) in [6.45, 7) is 3.16. The SMILES string of the molecule is OCc1ccc(CN2CCOC[C@@H]2C[C@H](O)c2ccccc2)cc1. The quantitative estimate of drug-likeness (QED) is 0.856. The highest BCUT2D eigenvalue weighted by molar-refractivity contribution is 5.22. The summed E-state index contributed by atoms with van der Waals surface area (Å²) in [7, 11) is 0. The van der Waals surface area contributed by atoms with Gasteiger partial charge in [0.25, 0.3) is 0 Å². The van der Waals surface area contributed by atoms with Crippen LogP contribution in [0.1, 0.15) is 29.2 Å². The van der Waals surface area contributed by atoms with E-state index >= 15 is 0 Å². The van der Waals surface area contributed by atoms with E-state index in [1.165, 1.54) is 5.56 Å². The summed E-state index contributed by atoms with van der Waals surface area (Å²) >= 11 is 0. The van der Waals surface area contributed by atoms with Gasteiger partial charge in [0, 0.05) is 19.1 Å². The third kappa shape index (κ3) is 4.42. The molecule has 0 aromatic heterocycles. The van der Waals surface area contributed by atoms with Crippen LogP contribution in [0, 0.1) is 0 Å². The topological polar surface area (TPSA) is 52.9 Å². The lowest BCUT2D eigenvalue weighted by Gasteiger charge is -2.36. The van der Waals surface area contributed by atoms with Crippen LogP contribution in [0.2, 0.25) is 0 Å². The standard InChI is InChI=1S/C20H25NO3/c22-14-17-8-6-16(7-9-17)13-21-10-11-24-15-19(21)12-20(23)18-4-2-1-3-5-18/h1-9,19-20,22-23H,10-15H2/t19-,20-/m0/s1. The number of ether oxygens (including phenoxy) is 1. The summed E-state index contributed by atoms with van der Waals surface area (Å²) in [6.07, 6.45) is 0.191. The van der Waals surface area contributed by atoms with Crippen LogP contribution in [0.15, 0.2) is 54.6 Å². The Kier molecular flexibility index (Phi) is 5.99. The van der Waals surface area contributed by atoms with Crippen LogP contribution in [0.4, 0.5) is 0 Å². The summed E-state index contributed by atoms with van der Waals surface area (Å²) in [5.74, 6) is 0. The van der Waals surface area contributed by atoms with Gasteiger partial charge in [-0.15, -0.1) is 0 Å². The molecule has 128 valence electrons. The highest BCUT2D eigenvalue weighted by Crippen LogP contribution is 2.23. The smallest absolute Gasteiger partial charge is 0.0805 e. The molecule has 1 saturated heterocycles. The fourth-order valence-electron chi connectivity index (χ4n) is 3.17. The fraction of sp³-hybridized carbons (Fsp3) is 0.400. The van der Waals surface area contributed by atoms with Gasteiger partial charge in [0.15, 0.2) is 0 Å². The summed E-state index contributed by atoms with van der Waals surface area (Å²) in [5.41, 5.74) is 3.10. The van der Waals surface area contributed by atoms with Crippen molar-refractivity contribution in [1.29, 1.82) is 0 Å². The van der Waals surface area contributed by atoms with Crippen LogP contribution >= 0.6 is 0 Å². The highest BCUT2D eigenvalue weighted by atomic mass is 16.5. The third-order valence-electron chi connectivity index (χ3n) is 4.62. The third-order valence-corrected chi connectivity index (χ3v) is 4.62. The number of rotatable bonds is 6. The van der Waals surface area contributed by atoms with Gasteiger partial charge in [-0.05, 0) is 23.1 Å². The maximum absolute atomic E-state index is 10.5. The van der Waals surface area contributed by atoms with Crippen LogP contribution in [-0.4, -0.2) is 40.9 Å². The van der Waals surface area contributed by atoms with E-state index in [4.69, 9.17) is 9.84 Å². The number of hydrogen-bond acceptors (Lipinski definition) is 4. The van der Waals surface area contributed by atoms with E-state index in [2.05, 4.69) is 17.0 Å². The van der Waals surface area contributed by atoms with Crippen molar-refractivity contribution in [3.63, 3.8) is 0 Å². The van der Waals surface area contributed by atoms with Gasteiger partial charge in [-0.1, -0.05) is 54.6 Å². The molecule has 0 saturated carbocycles. The first-order chi connectivity index (χ1) is 11.8. The van der Waals surface area contributed by atoms with Crippen molar-refractivity contribution in [1.82, 2.24) is 4.90 Å². The van der Waals surface area contributed by atoms with E-state index in [1.54, 1.807) is 0 Å². The minimum atomic E-state index is -0.475. The summed E-state index contributed by atoms with van der Waals surface area (Å²) in [5, 5.41) is 19.7. The van der Waals surface area contributed by atoms with E-state index in [0.29, 0.717) is 13.0 Å². The zero-order valence-electron chi connectivity index (χ0n) is 13.8. The normalized spacial score (nSPS) is 20.0. The van der Waals surface area contributed by atoms with E-state index in [0.717, 1.165) is 30.8 Å². The first-order valence-electron chi connectivity index (χ1n) is 8.50. The molecule has 0 amide bonds. The van der Waals surface area contributed by atoms with Crippen molar-refractivity contribution in [3.05, 3.63) is 71.3 Å². The van der Waals surface area contributed by atoms with Crippen LogP contribution in [0.5, 0.6) is 0 Å². The molecule has 0 radical (unpaired) electrons. The average molecular weight is 327 g/mol. The van der Waals surface area contributed by atoms with Gasteiger partial charge in [-0.25, -0.2) is 0 Å². The molecule has 24 heavy (non-hydrogen) atoms. The molecular weight excluding hydrogens is 302 g/mol. The fourth-order valence-corrected chi connectivity index (χ4v) is 3.17. The molecule has 3 rings (SSSR count). The lowest BCUT2D eigenvalue weighted by Crippen LogP contribution is -2.45. The first kappa shape index (κ1) is 17.1. The van der Waals surface area contributed by atoms with Gasteiger partial charge < -0.3 is 14.9 Å². The van der Waals surface area contributed by atoms with Gasteiger partial charge in [0.1, 0.15) is 0 Å². The largest absolute Gasteiger partial charge is 0.392 e. The number of aliphatic hydroxyl groups excluding tert-OH is 2. The Morgan fingerprint density at radius 2 is 1.75 bits per heavy atom. The number of nitrogens with zero attached hydrogens (tertiary/aromatic N) is 1. The lowest BCUT2D eigenvalue weighted by molar-refractivity contribution is -0.0300. The summed E-state index contributed by atoms with van der Waals surface area (Å²) < 4.78 is 5.64. The molecule has 2 atom stereocenters. The molecule has 2 N–H and O–H groups in total. The van der Waals surface area contributed by atoms with Crippen molar-refractivity contribution in [2.45, 2.75) is 31.7 Å². The second-order valence-electron chi connectivity index (χ2n) is 6.34. The van der Waals surface area contributed by atoms with Crippen LogP contribution < -0.4 is 0 Å². The zero-order chi connectivity index (χ0) is 16.8.